The Hall–Kier alpha value is -3.03. The van der Waals surface area contributed by atoms with Gasteiger partial charge in [-0.15, -0.1) is 21.5 Å². The van der Waals surface area contributed by atoms with Crippen LogP contribution in [0.2, 0.25) is 0 Å². The van der Waals surface area contributed by atoms with Crippen LogP contribution in [0.3, 0.4) is 0 Å². The Bertz CT molecular complexity index is 1040. The van der Waals surface area contributed by atoms with Gasteiger partial charge in [0.1, 0.15) is 11.1 Å². The Morgan fingerprint density at radius 1 is 1.29 bits per heavy atom. The average molecular weight is 416 g/mol. The summed E-state index contributed by atoms with van der Waals surface area (Å²) in [5.41, 5.74) is 1.28. The van der Waals surface area contributed by atoms with E-state index < -0.39 is 0 Å². The van der Waals surface area contributed by atoms with E-state index in [0.717, 1.165) is 5.56 Å². The summed E-state index contributed by atoms with van der Waals surface area (Å²) >= 11 is 2.58. The van der Waals surface area contributed by atoms with Crippen molar-refractivity contribution in [1.82, 2.24) is 14.8 Å². The summed E-state index contributed by atoms with van der Waals surface area (Å²) in [6.07, 6.45) is 0. The van der Waals surface area contributed by atoms with Gasteiger partial charge in [-0.1, -0.05) is 11.8 Å². The summed E-state index contributed by atoms with van der Waals surface area (Å²) in [7, 11) is 4.98. The maximum atomic E-state index is 12.2. The fraction of sp³-hybridized carbons (Fsp3) is 0.222. The first-order valence-electron chi connectivity index (χ1n) is 8.09. The minimum atomic E-state index is -0.209. The molecule has 10 heteroatoms. The quantitative estimate of drug-likeness (QED) is 0.591. The lowest BCUT2D eigenvalue weighted by atomic mass is 10.2. The number of methoxy groups -OCH3 is 2. The van der Waals surface area contributed by atoms with Gasteiger partial charge in [-0.25, -0.2) is 0 Å². The second-order valence-corrected chi connectivity index (χ2v) is 7.41. The van der Waals surface area contributed by atoms with Crippen molar-refractivity contribution >= 4 is 34.0 Å². The van der Waals surface area contributed by atoms with Crippen molar-refractivity contribution in [2.45, 2.75) is 5.16 Å². The zero-order chi connectivity index (χ0) is 20.1. The van der Waals surface area contributed by atoms with Gasteiger partial charge in [-0.05, 0) is 29.6 Å². The van der Waals surface area contributed by atoms with E-state index in [0.29, 0.717) is 33.0 Å². The van der Waals surface area contributed by atoms with Gasteiger partial charge in [0.25, 0.3) is 0 Å². The Morgan fingerprint density at radius 3 is 2.79 bits per heavy atom. The number of hydrogen-bond acceptors (Lipinski definition) is 8. The summed E-state index contributed by atoms with van der Waals surface area (Å²) in [4.78, 5) is 12.2. The Balaban J connectivity index is 1.70. The molecule has 0 fully saturated rings. The number of nitriles is 1. The highest BCUT2D eigenvalue weighted by molar-refractivity contribution is 7.99. The van der Waals surface area contributed by atoms with Crippen molar-refractivity contribution in [1.29, 1.82) is 5.26 Å². The van der Waals surface area contributed by atoms with Gasteiger partial charge >= 0.3 is 0 Å². The second kappa shape index (κ2) is 8.77. The molecule has 28 heavy (non-hydrogen) atoms. The molecule has 3 rings (SSSR count). The third-order valence-electron chi connectivity index (χ3n) is 3.85. The zero-order valence-electron chi connectivity index (χ0n) is 15.4. The van der Waals surface area contributed by atoms with E-state index in [1.807, 2.05) is 29.8 Å². The van der Waals surface area contributed by atoms with Gasteiger partial charge in [0.15, 0.2) is 22.5 Å². The van der Waals surface area contributed by atoms with Gasteiger partial charge in [0.05, 0.1) is 25.5 Å². The SMILES string of the molecule is COc1ccc(-c2nnc(SCC(=O)Nc3sccc3C#N)n2C)cc1OC. The second-order valence-electron chi connectivity index (χ2n) is 5.55. The molecule has 0 aliphatic rings. The molecule has 144 valence electrons. The number of carbonyl (C=O) groups excluding carboxylic acids is 1. The highest BCUT2D eigenvalue weighted by Crippen LogP contribution is 2.32. The maximum Gasteiger partial charge on any atom is 0.235 e. The predicted octanol–water partition coefficient (Wildman–Crippen LogP) is 3.16. The number of nitrogens with one attached hydrogen (secondary N) is 1. The van der Waals surface area contributed by atoms with Crippen LogP contribution < -0.4 is 14.8 Å². The molecule has 2 heterocycles. The molecule has 0 aliphatic heterocycles. The van der Waals surface area contributed by atoms with Crippen LogP contribution in [0.1, 0.15) is 5.56 Å². The topological polar surface area (TPSA) is 102 Å². The van der Waals surface area contributed by atoms with Gasteiger partial charge in [-0.2, -0.15) is 5.26 Å². The van der Waals surface area contributed by atoms with Gasteiger partial charge in [0, 0.05) is 12.6 Å². The number of rotatable bonds is 7. The third kappa shape index (κ3) is 4.11. The number of aromatic nitrogens is 3. The number of hydrogen-bond donors (Lipinski definition) is 1. The summed E-state index contributed by atoms with van der Waals surface area (Å²) in [6.45, 7) is 0. The third-order valence-corrected chi connectivity index (χ3v) is 5.70. The molecule has 1 N–H and O–H groups in total. The number of thioether (sulfide) groups is 1. The smallest absolute Gasteiger partial charge is 0.235 e. The van der Waals surface area contributed by atoms with E-state index in [4.69, 9.17) is 14.7 Å². The van der Waals surface area contributed by atoms with Crippen molar-refractivity contribution in [3.05, 3.63) is 35.2 Å². The lowest BCUT2D eigenvalue weighted by Gasteiger charge is -2.09. The summed E-state index contributed by atoms with van der Waals surface area (Å²) < 4.78 is 12.4. The fourth-order valence-electron chi connectivity index (χ4n) is 2.45. The number of ether oxygens (including phenoxy) is 2. The number of thiophene rings is 1. The van der Waals surface area contributed by atoms with Gasteiger partial charge < -0.3 is 19.4 Å². The van der Waals surface area contributed by atoms with Crippen molar-refractivity contribution in [2.75, 3.05) is 25.3 Å². The molecule has 0 bridgehead atoms. The van der Waals surface area contributed by atoms with Crippen molar-refractivity contribution in [3.8, 4) is 29.0 Å². The standard InChI is InChI=1S/C18H17N5O3S2/c1-23-16(11-4-5-13(25-2)14(8-11)26-3)21-22-18(23)28-10-15(24)20-17-12(9-19)6-7-27-17/h4-8H,10H2,1-3H3,(H,20,24). The molecule has 0 aliphatic carbocycles. The minimum absolute atomic E-state index is 0.153. The van der Waals surface area contributed by atoms with E-state index in [-0.39, 0.29) is 11.7 Å². The first kappa shape index (κ1) is 19.7. The van der Waals surface area contributed by atoms with Crippen LogP contribution >= 0.6 is 23.1 Å². The predicted molar refractivity (Wildman–Crippen MR) is 108 cm³/mol. The fourth-order valence-corrected chi connectivity index (χ4v) is 3.92. The molecule has 1 amide bonds. The van der Waals surface area contributed by atoms with Crippen LogP contribution in [0.5, 0.6) is 11.5 Å². The monoisotopic (exact) mass is 415 g/mol. The molecule has 0 spiro atoms. The molecule has 0 atom stereocenters. The van der Waals surface area contributed by atoms with Crippen LogP contribution in [0.4, 0.5) is 5.00 Å². The molecule has 0 unspecified atom stereocenters. The van der Waals surface area contributed by atoms with E-state index >= 15 is 0 Å². The number of benzene rings is 1. The summed E-state index contributed by atoms with van der Waals surface area (Å²) in [5, 5.41) is 23.1. The van der Waals surface area contributed by atoms with E-state index in [2.05, 4.69) is 15.5 Å². The summed E-state index contributed by atoms with van der Waals surface area (Å²) in [5.74, 6) is 1.82. The van der Waals surface area contributed by atoms with Crippen molar-refractivity contribution < 1.29 is 14.3 Å². The normalized spacial score (nSPS) is 10.4. The number of anilines is 1. The van der Waals surface area contributed by atoms with Crippen LogP contribution in [0.15, 0.2) is 34.8 Å². The van der Waals surface area contributed by atoms with Crippen molar-refractivity contribution in [2.24, 2.45) is 7.05 Å². The van der Waals surface area contributed by atoms with Gasteiger partial charge in [0.2, 0.25) is 5.91 Å². The Kier molecular flexibility index (Phi) is 6.18. The molecule has 0 saturated carbocycles. The average Bonchev–Trinajstić information content (AvgIpc) is 3.31. The molecular formula is C18H17N5O3S2. The highest BCUT2D eigenvalue weighted by Gasteiger charge is 2.16. The van der Waals surface area contributed by atoms with Crippen LogP contribution in [0, 0.1) is 11.3 Å². The number of nitrogens with zero attached hydrogens (tertiary/aromatic N) is 4. The number of amides is 1. The largest absolute Gasteiger partial charge is 0.493 e. The first-order chi connectivity index (χ1) is 13.6. The number of carbonyl (C=O) groups is 1. The lowest BCUT2D eigenvalue weighted by Crippen LogP contribution is -2.14. The van der Waals surface area contributed by atoms with Gasteiger partial charge in [-0.3, -0.25) is 4.79 Å². The molecule has 1 aromatic carbocycles. The molecular weight excluding hydrogens is 398 g/mol. The van der Waals surface area contributed by atoms with E-state index in [1.54, 1.807) is 31.7 Å². The maximum absolute atomic E-state index is 12.2. The molecule has 0 radical (unpaired) electrons. The molecule has 3 aromatic rings. The highest BCUT2D eigenvalue weighted by atomic mass is 32.2. The van der Waals surface area contributed by atoms with E-state index in [9.17, 15) is 4.79 Å². The minimum Gasteiger partial charge on any atom is -0.493 e. The molecule has 0 saturated heterocycles. The lowest BCUT2D eigenvalue weighted by molar-refractivity contribution is -0.113. The zero-order valence-corrected chi connectivity index (χ0v) is 17.1. The Morgan fingerprint density at radius 2 is 2.07 bits per heavy atom. The van der Waals surface area contributed by atoms with E-state index in [1.165, 1.54) is 23.1 Å². The molecule has 8 nitrogen and oxygen atoms in total. The van der Waals surface area contributed by atoms with Crippen LogP contribution in [-0.2, 0) is 11.8 Å². The van der Waals surface area contributed by atoms with Crippen LogP contribution in [-0.4, -0.2) is 40.6 Å². The Labute approximate surface area is 170 Å². The summed E-state index contributed by atoms with van der Waals surface area (Å²) in [6, 6.07) is 9.21. The van der Waals surface area contributed by atoms with Crippen molar-refractivity contribution in [3.63, 3.8) is 0 Å². The first-order valence-corrected chi connectivity index (χ1v) is 9.96. The van der Waals surface area contributed by atoms with Crippen LogP contribution in [0.25, 0.3) is 11.4 Å². The molecule has 2 aromatic heterocycles.